The van der Waals surface area contributed by atoms with E-state index in [9.17, 15) is 18.0 Å². The molecular formula is C17H14Cl2N2O5S. The first kappa shape index (κ1) is 19.5. The third kappa shape index (κ3) is 3.87. The highest BCUT2D eigenvalue weighted by atomic mass is 35.5. The number of carbonyl (C=O) groups excluding carboxylic acids is 2. The summed E-state index contributed by atoms with van der Waals surface area (Å²) in [5.41, 5.74) is 0.364. The number of methoxy groups -OCH3 is 1. The smallest absolute Gasteiger partial charge is 0.265 e. The zero-order valence-corrected chi connectivity index (χ0v) is 16.4. The third-order valence-electron chi connectivity index (χ3n) is 3.92. The van der Waals surface area contributed by atoms with Crippen molar-refractivity contribution in [3.8, 4) is 5.75 Å². The number of amides is 2. The maximum absolute atomic E-state index is 12.9. The van der Waals surface area contributed by atoms with E-state index in [1.165, 1.54) is 43.5 Å². The van der Waals surface area contributed by atoms with Gasteiger partial charge in [-0.15, -0.1) is 0 Å². The van der Waals surface area contributed by atoms with Crippen molar-refractivity contribution in [2.45, 2.75) is 17.7 Å². The molecule has 0 aromatic heterocycles. The van der Waals surface area contributed by atoms with Crippen LogP contribution in [0.3, 0.4) is 0 Å². The van der Waals surface area contributed by atoms with Crippen LogP contribution in [0, 0.1) is 0 Å². The van der Waals surface area contributed by atoms with Crippen molar-refractivity contribution >= 4 is 56.4 Å². The predicted molar refractivity (Wildman–Crippen MR) is 102 cm³/mol. The summed E-state index contributed by atoms with van der Waals surface area (Å²) in [5, 5.41) is 0.469. The molecule has 27 heavy (non-hydrogen) atoms. The number of imide groups is 1. The van der Waals surface area contributed by atoms with Gasteiger partial charge in [0, 0.05) is 12.8 Å². The Labute approximate surface area is 165 Å². The Kier molecular flexibility index (Phi) is 5.32. The van der Waals surface area contributed by atoms with Crippen LogP contribution < -0.4 is 14.4 Å². The highest BCUT2D eigenvalue weighted by Gasteiger charge is 2.32. The van der Waals surface area contributed by atoms with Gasteiger partial charge in [-0.05, 0) is 36.4 Å². The van der Waals surface area contributed by atoms with E-state index in [0.29, 0.717) is 0 Å². The second kappa shape index (κ2) is 7.38. The topological polar surface area (TPSA) is 92.8 Å². The predicted octanol–water partition coefficient (Wildman–Crippen LogP) is 3.46. The molecule has 142 valence electrons. The first-order chi connectivity index (χ1) is 12.7. The third-order valence-corrected chi connectivity index (χ3v) is 6.06. The molecule has 0 radical (unpaired) electrons. The summed E-state index contributed by atoms with van der Waals surface area (Å²) in [6.07, 6.45) is 0.183. The molecule has 3 rings (SSSR count). The van der Waals surface area contributed by atoms with E-state index in [1.807, 2.05) is 0 Å². The van der Waals surface area contributed by atoms with Gasteiger partial charge in [-0.2, -0.15) is 0 Å². The Balaban J connectivity index is 2.02. The molecule has 2 amide bonds. The fourth-order valence-electron chi connectivity index (χ4n) is 2.65. The molecule has 0 unspecified atom stereocenters. The molecule has 1 fully saturated rings. The fraction of sp³-hybridized carbons (Fsp3) is 0.176. The average molecular weight is 429 g/mol. The molecule has 0 aliphatic carbocycles. The standard InChI is InChI=1S/C17H14Cl2N2O5S/c1-26-14-5-3-11(21-16(22)6-7-17(21)23)9-15(14)27(24,25)20-10-2-4-12(18)13(19)8-10/h2-5,8-9,20H,6-7H2,1H3. The molecule has 0 atom stereocenters. The van der Waals surface area contributed by atoms with E-state index >= 15 is 0 Å². The highest BCUT2D eigenvalue weighted by molar-refractivity contribution is 7.92. The second-order valence-electron chi connectivity index (χ2n) is 5.69. The van der Waals surface area contributed by atoms with Crippen LogP contribution in [0.1, 0.15) is 12.8 Å². The van der Waals surface area contributed by atoms with Crippen LogP contribution in [-0.2, 0) is 19.6 Å². The first-order valence-electron chi connectivity index (χ1n) is 7.74. The second-order valence-corrected chi connectivity index (χ2v) is 8.16. The Bertz CT molecular complexity index is 1020. The van der Waals surface area contributed by atoms with Gasteiger partial charge in [-0.3, -0.25) is 19.2 Å². The zero-order chi connectivity index (χ0) is 19.8. The average Bonchev–Trinajstić information content (AvgIpc) is 2.96. The maximum Gasteiger partial charge on any atom is 0.265 e. The minimum atomic E-state index is -4.10. The molecule has 1 N–H and O–H groups in total. The van der Waals surface area contributed by atoms with E-state index < -0.39 is 10.0 Å². The summed E-state index contributed by atoms with van der Waals surface area (Å²) in [4.78, 5) is 24.6. The van der Waals surface area contributed by atoms with E-state index in [1.54, 1.807) is 0 Å². The zero-order valence-electron chi connectivity index (χ0n) is 14.0. The lowest BCUT2D eigenvalue weighted by atomic mass is 10.2. The van der Waals surface area contributed by atoms with Crippen LogP contribution >= 0.6 is 23.2 Å². The molecule has 1 aliphatic heterocycles. The van der Waals surface area contributed by atoms with Gasteiger partial charge in [-0.25, -0.2) is 8.42 Å². The lowest BCUT2D eigenvalue weighted by Gasteiger charge is -2.17. The molecule has 0 bridgehead atoms. The number of ether oxygens (including phenoxy) is 1. The van der Waals surface area contributed by atoms with Crippen LogP contribution in [0.4, 0.5) is 11.4 Å². The van der Waals surface area contributed by atoms with Crippen molar-refractivity contribution in [1.82, 2.24) is 0 Å². The van der Waals surface area contributed by atoms with E-state index in [0.717, 1.165) is 4.90 Å². The van der Waals surface area contributed by atoms with Gasteiger partial charge in [0.2, 0.25) is 11.8 Å². The molecular weight excluding hydrogens is 415 g/mol. The van der Waals surface area contributed by atoms with Gasteiger partial charge in [-0.1, -0.05) is 23.2 Å². The van der Waals surface area contributed by atoms with Crippen molar-refractivity contribution in [3.63, 3.8) is 0 Å². The van der Waals surface area contributed by atoms with E-state index in [-0.39, 0.29) is 56.7 Å². The van der Waals surface area contributed by atoms with Crippen molar-refractivity contribution < 1.29 is 22.7 Å². The molecule has 2 aromatic carbocycles. The number of rotatable bonds is 5. The summed E-state index contributed by atoms with van der Waals surface area (Å²) in [6.45, 7) is 0. The van der Waals surface area contributed by atoms with Crippen molar-refractivity contribution in [3.05, 3.63) is 46.4 Å². The molecule has 1 heterocycles. The Morgan fingerprint density at radius 1 is 1.00 bits per heavy atom. The number of nitrogens with one attached hydrogen (secondary N) is 1. The first-order valence-corrected chi connectivity index (χ1v) is 9.98. The number of nitrogens with zero attached hydrogens (tertiary/aromatic N) is 1. The number of hydrogen-bond donors (Lipinski definition) is 1. The van der Waals surface area contributed by atoms with Crippen LogP contribution in [0.15, 0.2) is 41.3 Å². The van der Waals surface area contributed by atoms with Gasteiger partial charge < -0.3 is 4.74 Å². The number of anilines is 2. The van der Waals surface area contributed by atoms with Gasteiger partial charge in [0.1, 0.15) is 10.6 Å². The highest BCUT2D eigenvalue weighted by Crippen LogP contribution is 2.33. The molecule has 0 saturated carbocycles. The summed E-state index contributed by atoms with van der Waals surface area (Å²) in [5.74, 6) is -0.706. The number of sulfonamides is 1. The number of halogens is 2. The Morgan fingerprint density at radius 2 is 1.67 bits per heavy atom. The van der Waals surface area contributed by atoms with Crippen molar-refractivity contribution in [2.75, 3.05) is 16.7 Å². The number of benzene rings is 2. The molecule has 10 heteroatoms. The summed E-state index contributed by atoms with van der Waals surface area (Å²) in [6, 6.07) is 8.34. The van der Waals surface area contributed by atoms with Crippen LogP contribution in [0.25, 0.3) is 0 Å². The Morgan fingerprint density at radius 3 is 2.26 bits per heavy atom. The van der Waals surface area contributed by atoms with Crippen molar-refractivity contribution in [1.29, 1.82) is 0 Å². The van der Waals surface area contributed by atoms with Gasteiger partial charge in [0.25, 0.3) is 10.0 Å². The lowest BCUT2D eigenvalue weighted by Crippen LogP contribution is -2.28. The minimum absolute atomic E-state index is 0.0606. The number of hydrogen-bond acceptors (Lipinski definition) is 5. The van der Waals surface area contributed by atoms with Crippen LogP contribution in [0.5, 0.6) is 5.75 Å². The SMILES string of the molecule is COc1ccc(N2C(=O)CCC2=O)cc1S(=O)(=O)Nc1ccc(Cl)c(Cl)c1. The summed E-state index contributed by atoms with van der Waals surface area (Å²) >= 11 is 11.8. The van der Waals surface area contributed by atoms with E-state index in [2.05, 4.69) is 4.72 Å². The largest absolute Gasteiger partial charge is 0.495 e. The molecule has 7 nitrogen and oxygen atoms in total. The normalized spacial score (nSPS) is 14.6. The lowest BCUT2D eigenvalue weighted by molar-refractivity contribution is -0.121. The minimum Gasteiger partial charge on any atom is -0.495 e. The molecule has 2 aromatic rings. The number of carbonyl (C=O) groups is 2. The quantitative estimate of drug-likeness (QED) is 0.735. The van der Waals surface area contributed by atoms with Crippen LogP contribution in [0.2, 0.25) is 10.0 Å². The molecule has 1 saturated heterocycles. The molecule has 0 spiro atoms. The van der Waals surface area contributed by atoms with Gasteiger partial charge >= 0.3 is 0 Å². The Hall–Kier alpha value is -2.29. The van der Waals surface area contributed by atoms with Gasteiger partial charge in [0.15, 0.2) is 0 Å². The van der Waals surface area contributed by atoms with Crippen molar-refractivity contribution in [2.24, 2.45) is 0 Å². The summed E-state index contributed by atoms with van der Waals surface area (Å²) < 4.78 is 33.2. The van der Waals surface area contributed by atoms with E-state index in [4.69, 9.17) is 27.9 Å². The maximum atomic E-state index is 12.9. The molecule has 1 aliphatic rings. The monoisotopic (exact) mass is 428 g/mol. The fourth-order valence-corrected chi connectivity index (χ4v) is 4.19. The van der Waals surface area contributed by atoms with Gasteiger partial charge in [0.05, 0.1) is 28.5 Å². The van der Waals surface area contributed by atoms with Crippen LogP contribution in [-0.4, -0.2) is 27.3 Å². The summed E-state index contributed by atoms with van der Waals surface area (Å²) in [7, 11) is -2.78.